The number of hydrogen-bond donors (Lipinski definition) is 1. The molecule has 0 radical (unpaired) electrons. The van der Waals surface area contributed by atoms with Crippen LogP contribution in [0.3, 0.4) is 0 Å². The molecule has 0 aromatic carbocycles. The van der Waals surface area contributed by atoms with E-state index in [0.29, 0.717) is 5.92 Å². The Kier molecular flexibility index (Phi) is 6.35. The summed E-state index contributed by atoms with van der Waals surface area (Å²) < 4.78 is 5.65. The molecule has 1 atom stereocenters. The number of ether oxygens (including phenoxy) is 1. The van der Waals surface area contributed by atoms with E-state index in [1.54, 1.807) is 0 Å². The average Bonchev–Trinajstić information content (AvgIpc) is 2.01. The fraction of sp³-hybridized carbons (Fsp3) is 1.00. The molecule has 0 amide bonds. The molecule has 80 valence electrons. The normalized spacial score (nSPS) is 14.5. The smallest absolute Gasteiger partial charge is 0.0598 e. The lowest BCUT2D eigenvalue weighted by atomic mass is 10.0. The molecule has 0 aromatic rings. The molecule has 2 heteroatoms. The van der Waals surface area contributed by atoms with Gasteiger partial charge in [0.05, 0.1) is 5.60 Å². The molecule has 2 N–H and O–H groups in total. The molecule has 0 heterocycles. The molecule has 13 heavy (non-hydrogen) atoms. The maximum absolute atomic E-state index is 5.65. The Morgan fingerprint density at radius 2 is 1.85 bits per heavy atom. The minimum atomic E-state index is -0.00857. The van der Waals surface area contributed by atoms with Crippen molar-refractivity contribution in [2.45, 2.75) is 52.6 Å². The topological polar surface area (TPSA) is 35.2 Å². The first-order valence-corrected chi connectivity index (χ1v) is 5.33. The van der Waals surface area contributed by atoms with Crippen LogP contribution in [0.5, 0.6) is 0 Å². The predicted molar refractivity (Wildman–Crippen MR) is 57.8 cm³/mol. The molecule has 1 unspecified atom stereocenters. The Balaban J connectivity index is 3.49. The molecule has 0 aliphatic carbocycles. The zero-order valence-electron chi connectivity index (χ0n) is 9.60. The van der Waals surface area contributed by atoms with Crippen LogP contribution in [-0.4, -0.2) is 18.8 Å². The highest BCUT2D eigenvalue weighted by atomic mass is 16.5. The second-order valence-corrected chi connectivity index (χ2v) is 4.64. The van der Waals surface area contributed by atoms with Gasteiger partial charge >= 0.3 is 0 Å². The first kappa shape index (κ1) is 12.9. The Labute approximate surface area is 82.8 Å². The largest absolute Gasteiger partial charge is 0.376 e. The number of hydrogen-bond acceptors (Lipinski definition) is 2. The maximum atomic E-state index is 5.65. The Morgan fingerprint density at radius 1 is 1.23 bits per heavy atom. The van der Waals surface area contributed by atoms with E-state index in [4.69, 9.17) is 10.5 Å². The molecule has 0 aliphatic rings. The van der Waals surface area contributed by atoms with Gasteiger partial charge in [0, 0.05) is 6.61 Å². The van der Waals surface area contributed by atoms with Crippen LogP contribution in [0.15, 0.2) is 0 Å². The standard InChI is InChI=1S/C11H25NO/c1-5-6-10(9-12)7-8-13-11(2,3)4/h10H,5-9,12H2,1-4H3. The predicted octanol–water partition coefficient (Wildman–Crippen LogP) is 2.57. The molecule has 0 rings (SSSR count). The van der Waals surface area contributed by atoms with E-state index in [1.807, 2.05) is 0 Å². The molecule has 0 aliphatic heterocycles. The van der Waals surface area contributed by atoms with Gasteiger partial charge in [0.25, 0.3) is 0 Å². The van der Waals surface area contributed by atoms with Crippen LogP contribution < -0.4 is 5.73 Å². The summed E-state index contributed by atoms with van der Waals surface area (Å²) in [6, 6.07) is 0. The van der Waals surface area contributed by atoms with Crippen LogP contribution in [0.25, 0.3) is 0 Å². The zero-order valence-corrected chi connectivity index (χ0v) is 9.60. The van der Waals surface area contributed by atoms with Crippen molar-refractivity contribution in [3.63, 3.8) is 0 Å². The van der Waals surface area contributed by atoms with Crippen LogP contribution in [0.4, 0.5) is 0 Å². The highest BCUT2D eigenvalue weighted by Crippen LogP contribution is 2.13. The zero-order chi connectivity index (χ0) is 10.3. The van der Waals surface area contributed by atoms with Gasteiger partial charge in [-0.2, -0.15) is 0 Å². The maximum Gasteiger partial charge on any atom is 0.0598 e. The second kappa shape index (κ2) is 6.39. The molecule has 0 saturated heterocycles. The summed E-state index contributed by atoms with van der Waals surface area (Å²) in [5, 5.41) is 0. The van der Waals surface area contributed by atoms with E-state index in [-0.39, 0.29) is 5.60 Å². The van der Waals surface area contributed by atoms with Crippen LogP contribution in [-0.2, 0) is 4.74 Å². The highest BCUT2D eigenvalue weighted by molar-refractivity contribution is 4.62. The van der Waals surface area contributed by atoms with E-state index in [0.717, 1.165) is 19.6 Å². The van der Waals surface area contributed by atoms with Gasteiger partial charge in [-0.1, -0.05) is 13.3 Å². The second-order valence-electron chi connectivity index (χ2n) is 4.64. The minimum absolute atomic E-state index is 0.00857. The van der Waals surface area contributed by atoms with E-state index in [2.05, 4.69) is 27.7 Å². The Hall–Kier alpha value is -0.0800. The lowest BCUT2D eigenvalue weighted by molar-refractivity contribution is -0.00925. The molecular formula is C11H25NO. The van der Waals surface area contributed by atoms with Crippen LogP contribution in [0, 0.1) is 5.92 Å². The van der Waals surface area contributed by atoms with Crippen molar-refractivity contribution >= 4 is 0 Å². The van der Waals surface area contributed by atoms with Crippen molar-refractivity contribution in [3.05, 3.63) is 0 Å². The quantitative estimate of drug-likeness (QED) is 0.693. The SMILES string of the molecule is CCCC(CN)CCOC(C)(C)C. The first-order valence-electron chi connectivity index (χ1n) is 5.33. The van der Waals surface area contributed by atoms with Crippen molar-refractivity contribution in [2.24, 2.45) is 11.7 Å². The lowest BCUT2D eigenvalue weighted by Gasteiger charge is -2.21. The molecule has 2 nitrogen and oxygen atoms in total. The third-order valence-electron chi connectivity index (χ3n) is 2.09. The summed E-state index contributed by atoms with van der Waals surface area (Å²) in [5.74, 6) is 0.646. The van der Waals surface area contributed by atoms with Crippen LogP contribution >= 0.6 is 0 Å². The van der Waals surface area contributed by atoms with E-state index in [9.17, 15) is 0 Å². The minimum Gasteiger partial charge on any atom is -0.376 e. The monoisotopic (exact) mass is 187 g/mol. The van der Waals surface area contributed by atoms with Crippen molar-refractivity contribution < 1.29 is 4.74 Å². The molecule has 0 aromatic heterocycles. The van der Waals surface area contributed by atoms with Crippen molar-refractivity contribution in [3.8, 4) is 0 Å². The van der Waals surface area contributed by atoms with Crippen molar-refractivity contribution in [1.29, 1.82) is 0 Å². The van der Waals surface area contributed by atoms with Crippen LogP contribution in [0.1, 0.15) is 47.0 Å². The molecule has 0 fully saturated rings. The van der Waals surface area contributed by atoms with Gasteiger partial charge in [0.15, 0.2) is 0 Å². The summed E-state index contributed by atoms with van der Waals surface area (Å²) in [6.45, 7) is 10.1. The summed E-state index contributed by atoms with van der Waals surface area (Å²) >= 11 is 0. The molecule has 0 spiro atoms. The number of nitrogens with two attached hydrogens (primary N) is 1. The lowest BCUT2D eigenvalue weighted by Crippen LogP contribution is -2.23. The van der Waals surface area contributed by atoms with E-state index < -0.39 is 0 Å². The highest BCUT2D eigenvalue weighted by Gasteiger charge is 2.11. The van der Waals surface area contributed by atoms with Crippen molar-refractivity contribution in [2.75, 3.05) is 13.2 Å². The number of rotatable bonds is 6. The summed E-state index contributed by atoms with van der Waals surface area (Å²) in [5.41, 5.74) is 5.64. The average molecular weight is 187 g/mol. The van der Waals surface area contributed by atoms with Crippen molar-refractivity contribution in [1.82, 2.24) is 0 Å². The Morgan fingerprint density at radius 3 is 2.23 bits per heavy atom. The fourth-order valence-electron chi connectivity index (χ4n) is 1.32. The molecule has 0 bridgehead atoms. The third-order valence-corrected chi connectivity index (χ3v) is 2.09. The van der Waals surface area contributed by atoms with Gasteiger partial charge in [-0.15, -0.1) is 0 Å². The van der Waals surface area contributed by atoms with E-state index >= 15 is 0 Å². The van der Waals surface area contributed by atoms with Gasteiger partial charge in [-0.3, -0.25) is 0 Å². The van der Waals surface area contributed by atoms with Gasteiger partial charge in [-0.25, -0.2) is 0 Å². The van der Waals surface area contributed by atoms with Crippen LogP contribution in [0.2, 0.25) is 0 Å². The summed E-state index contributed by atoms with van der Waals surface area (Å²) in [4.78, 5) is 0. The van der Waals surface area contributed by atoms with Gasteiger partial charge in [0.1, 0.15) is 0 Å². The molecular weight excluding hydrogens is 162 g/mol. The van der Waals surface area contributed by atoms with E-state index in [1.165, 1.54) is 12.8 Å². The van der Waals surface area contributed by atoms with Gasteiger partial charge in [-0.05, 0) is 46.1 Å². The van der Waals surface area contributed by atoms with Gasteiger partial charge in [0.2, 0.25) is 0 Å². The summed E-state index contributed by atoms with van der Waals surface area (Å²) in [7, 11) is 0. The Bertz CT molecular complexity index is 118. The summed E-state index contributed by atoms with van der Waals surface area (Å²) in [6.07, 6.45) is 3.54. The third kappa shape index (κ3) is 8.26. The molecule has 0 saturated carbocycles. The fourth-order valence-corrected chi connectivity index (χ4v) is 1.32. The van der Waals surface area contributed by atoms with Gasteiger partial charge < -0.3 is 10.5 Å². The first-order chi connectivity index (χ1) is 5.99.